The predicted molar refractivity (Wildman–Crippen MR) is 75.9 cm³/mol. The van der Waals surface area contributed by atoms with E-state index in [0.29, 0.717) is 18.1 Å². The molecule has 21 heavy (non-hydrogen) atoms. The van der Waals surface area contributed by atoms with Crippen LogP contribution in [0.25, 0.3) is 0 Å². The Morgan fingerprint density at radius 1 is 1.38 bits per heavy atom. The third-order valence-electron chi connectivity index (χ3n) is 2.93. The smallest absolute Gasteiger partial charge is 0.352 e. The molecule has 0 aliphatic heterocycles. The molecular formula is C15H16F3N3. The number of hydrogen-bond acceptors (Lipinski definition) is 2. The number of alkyl halides is 3. The number of allylic oxidation sites excluding steroid dienone is 1. The number of hydrogen-bond donors (Lipinski definition) is 1. The van der Waals surface area contributed by atoms with Gasteiger partial charge in [0.15, 0.2) is 0 Å². The molecule has 0 fully saturated rings. The van der Waals surface area contributed by atoms with Gasteiger partial charge in [0.25, 0.3) is 0 Å². The molecule has 1 aromatic carbocycles. The fourth-order valence-corrected chi connectivity index (χ4v) is 2.00. The first-order valence-corrected chi connectivity index (χ1v) is 6.45. The monoisotopic (exact) mass is 295 g/mol. The van der Waals surface area contributed by atoms with Gasteiger partial charge in [-0.1, -0.05) is 18.2 Å². The third kappa shape index (κ3) is 3.87. The van der Waals surface area contributed by atoms with Crippen molar-refractivity contribution in [3.8, 4) is 0 Å². The molecule has 6 heteroatoms. The molecule has 2 aromatic rings. The number of halogens is 3. The average molecular weight is 295 g/mol. The van der Waals surface area contributed by atoms with Gasteiger partial charge in [0.2, 0.25) is 5.95 Å². The van der Waals surface area contributed by atoms with Crippen LogP contribution in [-0.2, 0) is 19.3 Å². The minimum atomic E-state index is -4.33. The second-order valence-corrected chi connectivity index (χ2v) is 4.70. The van der Waals surface area contributed by atoms with E-state index in [4.69, 9.17) is 0 Å². The van der Waals surface area contributed by atoms with Crippen molar-refractivity contribution in [3.63, 3.8) is 0 Å². The molecule has 0 saturated carbocycles. The molecule has 0 bridgehead atoms. The normalized spacial score (nSPS) is 11.4. The van der Waals surface area contributed by atoms with Gasteiger partial charge in [0.05, 0.1) is 11.3 Å². The first-order chi connectivity index (χ1) is 9.90. The summed E-state index contributed by atoms with van der Waals surface area (Å²) in [6.07, 6.45) is -0.735. The summed E-state index contributed by atoms with van der Waals surface area (Å²) in [5, 5.41) is 3.05. The number of nitrogens with zero attached hydrogens (tertiary/aromatic N) is 2. The molecule has 0 aliphatic rings. The molecule has 0 atom stereocenters. The number of anilines is 1. The van der Waals surface area contributed by atoms with Crippen LogP contribution in [0.5, 0.6) is 0 Å². The molecule has 1 N–H and O–H groups in total. The van der Waals surface area contributed by atoms with E-state index in [9.17, 15) is 13.2 Å². The van der Waals surface area contributed by atoms with E-state index >= 15 is 0 Å². The minimum Gasteiger partial charge on any atom is -0.352 e. The molecule has 0 amide bonds. The Bertz CT molecular complexity index is 629. The van der Waals surface area contributed by atoms with E-state index in [1.165, 1.54) is 6.07 Å². The molecule has 1 heterocycles. The summed E-state index contributed by atoms with van der Waals surface area (Å²) in [4.78, 5) is 4.30. The molecule has 0 radical (unpaired) electrons. The van der Waals surface area contributed by atoms with E-state index in [1.807, 2.05) is 17.7 Å². The summed E-state index contributed by atoms with van der Waals surface area (Å²) < 4.78 is 39.8. The topological polar surface area (TPSA) is 29.9 Å². The van der Waals surface area contributed by atoms with Gasteiger partial charge in [0.1, 0.15) is 0 Å². The highest BCUT2D eigenvalue weighted by atomic mass is 19.4. The SMILES string of the molecule is C=CCn1cc(C)nc1NCc1cccc(C(F)(F)F)c1. The van der Waals surface area contributed by atoms with E-state index in [0.717, 1.165) is 17.8 Å². The molecule has 2 rings (SSSR count). The summed E-state index contributed by atoms with van der Waals surface area (Å²) in [5.74, 6) is 0.616. The van der Waals surface area contributed by atoms with Crippen molar-refractivity contribution in [2.24, 2.45) is 0 Å². The number of aromatic nitrogens is 2. The van der Waals surface area contributed by atoms with Crippen molar-refractivity contribution < 1.29 is 13.2 Å². The van der Waals surface area contributed by atoms with Crippen molar-refractivity contribution in [3.05, 3.63) is 59.9 Å². The molecule has 1 aromatic heterocycles. The highest BCUT2D eigenvalue weighted by molar-refractivity contribution is 5.33. The van der Waals surface area contributed by atoms with Gasteiger partial charge in [-0.2, -0.15) is 13.2 Å². The summed E-state index contributed by atoms with van der Waals surface area (Å²) in [6.45, 7) is 6.38. The Hall–Kier alpha value is -2.24. The van der Waals surface area contributed by atoms with Crippen LogP contribution in [0, 0.1) is 6.92 Å². The van der Waals surface area contributed by atoms with E-state index < -0.39 is 11.7 Å². The maximum Gasteiger partial charge on any atom is 0.416 e. The first kappa shape index (κ1) is 15.2. The third-order valence-corrected chi connectivity index (χ3v) is 2.93. The van der Waals surface area contributed by atoms with E-state index in [2.05, 4.69) is 16.9 Å². The summed E-state index contributed by atoms with van der Waals surface area (Å²) >= 11 is 0. The molecule has 0 unspecified atom stereocenters. The van der Waals surface area contributed by atoms with Crippen LogP contribution in [0.3, 0.4) is 0 Å². The van der Waals surface area contributed by atoms with Crippen LogP contribution in [0.4, 0.5) is 19.1 Å². The lowest BCUT2D eigenvalue weighted by atomic mass is 10.1. The van der Waals surface area contributed by atoms with Gasteiger partial charge in [-0.3, -0.25) is 0 Å². The fraction of sp³-hybridized carbons (Fsp3) is 0.267. The summed E-state index contributed by atoms with van der Waals surface area (Å²) in [7, 11) is 0. The number of benzene rings is 1. The average Bonchev–Trinajstić information content (AvgIpc) is 2.76. The molecule has 3 nitrogen and oxygen atoms in total. The highest BCUT2D eigenvalue weighted by Crippen LogP contribution is 2.29. The van der Waals surface area contributed by atoms with Crippen molar-refractivity contribution in [1.82, 2.24) is 9.55 Å². The number of imidazole rings is 1. The zero-order valence-corrected chi connectivity index (χ0v) is 11.6. The fourth-order valence-electron chi connectivity index (χ4n) is 2.00. The zero-order chi connectivity index (χ0) is 15.5. The first-order valence-electron chi connectivity index (χ1n) is 6.45. The Morgan fingerprint density at radius 3 is 2.81 bits per heavy atom. The lowest BCUT2D eigenvalue weighted by Crippen LogP contribution is -2.09. The largest absolute Gasteiger partial charge is 0.416 e. The second-order valence-electron chi connectivity index (χ2n) is 4.70. The number of aryl methyl sites for hydroxylation is 1. The van der Waals surface area contributed by atoms with Crippen LogP contribution in [-0.4, -0.2) is 9.55 Å². The van der Waals surface area contributed by atoms with Gasteiger partial charge in [-0.05, 0) is 24.6 Å². The van der Waals surface area contributed by atoms with Crippen molar-refractivity contribution in [2.75, 3.05) is 5.32 Å². The van der Waals surface area contributed by atoms with Crippen LogP contribution >= 0.6 is 0 Å². The zero-order valence-electron chi connectivity index (χ0n) is 11.6. The van der Waals surface area contributed by atoms with Gasteiger partial charge >= 0.3 is 6.18 Å². The van der Waals surface area contributed by atoms with Crippen LogP contribution < -0.4 is 5.32 Å². The highest BCUT2D eigenvalue weighted by Gasteiger charge is 2.30. The Labute approximate surface area is 121 Å². The molecule has 0 saturated heterocycles. The lowest BCUT2D eigenvalue weighted by Gasteiger charge is -2.10. The van der Waals surface area contributed by atoms with E-state index in [1.54, 1.807) is 12.1 Å². The van der Waals surface area contributed by atoms with E-state index in [-0.39, 0.29) is 6.54 Å². The maximum absolute atomic E-state index is 12.7. The lowest BCUT2D eigenvalue weighted by molar-refractivity contribution is -0.137. The standard InChI is InChI=1S/C15H16F3N3/c1-3-7-21-10-11(2)20-14(21)19-9-12-5-4-6-13(8-12)15(16,17)18/h3-6,8,10H,1,7,9H2,2H3,(H,19,20). The molecule has 112 valence electrons. The predicted octanol–water partition coefficient (Wildman–Crippen LogP) is 4.01. The Kier molecular flexibility index (Phi) is 4.35. The molecule has 0 spiro atoms. The molecular weight excluding hydrogens is 279 g/mol. The van der Waals surface area contributed by atoms with Crippen LogP contribution in [0.15, 0.2) is 43.1 Å². The summed E-state index contributed by atoms with van der Waals surface area (Å²) in [5.41, 5.74) is 0.742. The Morgan fingerprint density at radius 2 is 2.14 bits per heavy atom. The van der Waals surface area contributed by atoms with Crippen molar-refractivity contribution >= 4 is 5.95 Å². The van der Waals surface area contributed by atoms with Crippen molar-refractivity contribution in [2.45, 2.75) is 26.2 Å². The number of rotatable bonds is 5. The van der Waals surface area contributed by atoms with Crippen LogP contribution in [0.2, 0.25) is 0 Å². The second kappa shape index (κ2) is 6.03. The summed E-state index contributed by atoms with van der Waals surface area (Å²) in [6, 6.07) is 5.25. The van der Waals surface area contributed by atoms with Gasteiger partial charge in [-0.25, -0.2) is 4.98 Å². The maximum atomic E-state index is 12.7. The number of nitrogens with one attached hydrogen (secondary N) is 1. The Balaban J connectivity index is 2.11. The van der Waals surface area contributed by atoms with Gasteiger partial charge in [-0.15, -0.1) is 6.58 Å². The molecule has 0 aliphatic carbocycles. The van der Waals surface area contributed by atoms with Crippen LogP contribution in [0.1, 0.15) is 16.8 Å². The minimum absolute atomic E-state index is 0.275. The van der Waals surface area contributed by atoms with Gasteiger partial charge in [0, 0.05) is 19.3 Å². The van der Waals surface area contributed by atoms with Gasteiger partial charge < -0.3 is 9.88 Å². The quantitative estimate of drug-likeness (QED) is 0.845. The van der Waals surface area contributed by atoms with Crippen molar-refractivity contribution in [1.29, 1.82) is 0 Å².